The van der Waals surface area contributed by atoms with Crippen LogP contribution in [0.3, 0.4) is 0 Å². The lowest BCUT2D eigenvalue weighted by molar-refractivity contribution is 0.360. The maximum Gasteiger partial charge on any atom is 0.174 e. The summed E-state index contributed by atoms with van der Waals surface area (Å²) in [5, 5.41) is 4.58. The van der Waals surface area contributed by atoms with E-state index in [-0.39, 0.29) is 0 Å². The van der Waals surface area contributed by atoms with Crippen LogP contribution in [-0.2, 0) is 13.1 Å². The number of anilines is 1. The van der Waals surface area contributed by atoms with Gasteiger partial charge in [-0.05, 0) is 66.3 Å². The number of hydrogen-bond donors (Lipinski definition) is 1. The van der Waals surface area contributed by atoms with Gasteiger partial charge in [-0.25, -0.2) is 0 Å². The van der Waals surface area contributed by atoms with E-state index in [1.165, 1.54) is 0 Å². The molecule has 0 aliphatic heterocycles. The summed E-state index contributed by atoms with van der Waals surface area (Å²) in [5.74, 6) is 0.859. The largest absolute Gasteiger partial charge is 0.467 e. The van der Waals surface area contributed by atoms with Gasteiger partial charge >= 0.3 is 0 Å². The lowest BCUT2D eigenvalue weighted by Gasteiger charge is -2.25. The van der Waals surface area contributed by atoms with E-state index in [1.54, 1.807) is 6.26 Å². The molecule has 0 spiro atoms. The van der Waals surface area contributed by atoms with Gasteiger partial charge in [-0.15, -0.1) is 0 Å². The third kappa shape index (κ3) is 5.33. The maximum atomic E-state index is 5.94. The van der Waals surface area contributed by atoms with E-state index in [0.717, 1.165) is 21.5 Å². The van der Waals surface area contributed by atoms with Crippen LogP contribution in [0.4, 0.5) is 5.69 Å². The summed E-state index contributed by atoms with van der Waals surface area (Å²) in [6, 6.07) is 19.5. The van der Waals surface area contributed by atoms with Crippen molar-refractivity contribution >= 4 is 50.5 Å². The Kier molecular flexibility index (Phi) is 6.13. The smallest absolute Gasteiger partial charge is 0.174 e. The van der Waals surface area contributed by atoms with Gasteiger partial charge in [0.05, 0.1) is 12.8 Å². The summed E-state index contributed by atoms with van der Waals surface area (Å²) in [6.45, 7) is 1.26. The molecule has 0 aliphatic rings. The molecule has 0 saturated carbocycles. The van der Waals surface area contributed by atoms with Crippen molar-refractivity contribution in [3.63, 3.8) is 0 Å². The molecule has 0 fully saturated rings. The first-order valence-corrected chi connectivity index (χ1v) is 9.26. The topological polar surface area (TPSA) is 28.4 Å². The van der Waals surface area contributed by atoms with Gasteiger partial charge in [-0.2, -0.15) is 0 Å². The number of nitrogens with one attached hydrogen (secondary N) is 1. The Hall–Kier alpha value is -1.82. The van der Waals surface area contributed by atoms with Crippen LogP contribution in [-0.4, -0.2) is 10.0 Å². The molecule has 1 heterocycles. The Morgan fingerprint density at radius 1 is 1.04 bits per heavy atom. The Bertz CT molecular complexity index is 820. The number of rotatable bonds is 5. The van der Waals surface area contributed by atoms with Crippen molar-refractivity contribution in [3.8, 4) is 0 Å². The predicted molar refractivity (Wildman–Crippen MR) is 110 cm³/mol. The van der Waals surface area contributed by atoms with E-state index in [0.29, 0.717) is 23.2 Å². The monoisotopic (exact) mass is 434 g/mol. The summed E-state index contributed by atoms with van der Waals surface area (Å²) in [7, 11) is 0. The number of furan rings is 1. The van der Waals surface area contributed by atoms with E-state index in [4.69, 9.17) is 28.2 Å². The second kappa shape index (κ2) is 8.52. The van der Waals surface area contributed by atoms with Crippen molar-refractivity contribution < 1.29 is 4.42 Å². The van der Waals surface area contributed by atoms with Gasteiger partial charge in [0.25, 0.3) is 0 Å². The van der Waals surface area contributed by atoms with Crippen molar-refractivity contribution in [1.82, 2.24) is 4.90 Å². The summed E-state index contributed by atoms with van der Waals surface area (Å²) in [6.07, 6.45) is 1.67. The highest BCUT2D eigenvalue weighted by atomic mass is 79.9. The van der Waals surface area contributed by atoms with E-state index in [1.807, 2.05) is 48.5 Å². The summed E-state index contributed by atoms with van der Waals surface area (Å²) in [4.78, 5) is 2.06. The summed E-state index contributed by atoms with van der Waals surface area (Å²) >= 11 is 15.0. The number of thiocarbonyl (C=S) groups is 1. The molecule has 1 N–H and O–H groups in total. The molecule has 0 unspecified atom stereocenters. The Labute approximate surface area is 165 Å². The minimum absolute atomic E-state index is 0.586. The van der Waals surface area contributed by atoms with E-state index in [2.05, 4.69) is 38.3 Å². The number of halogens is 2. The van der Waals surface area contributed by atoms with Crippen LogP contribution in [0.25, 0.3) is 0 Å². The van der Waals surface area contributed by atoms with Crippen LogP contribution < -0.4 is 5.32 Å². The van der Waals surface area contributed by atoms with E-state index in [9.17, 15) is 0 Å². The zero-order valence-corrected chi connectivity index (χ0v) is 16.4. The van der Waals surface area contributed by atoms with Crippen molar-refractivity contribution in [2.75, 3.05) is 5.32 Å². The molecule has 2 aromatic carbocycles. The second-order valence-electron chi connectivity index (χ2n) is 5.50. The highest BCUT2D eigenvalue weighted by molar-refractivity contribution is 9.10. The molecule has 3 nitrogen and oxygen atoms in total. The fourth-order valence-electron chi connectivity index (χ4n) is 2.34. The van der Waals surface area contributed by atoms with Crippen LogP contribution in [0.2, 0.25) is 5.02 Å². The Morgan fingerprint density at radius 3 is 2.40 bits per heavy atom. The molecule has 0 radical (unpaired) electrons. The highest BCUT2D eigenvalue weighted by Crippen LogP contribution is 2.18. The number of hydrogen-bond acceptors (Lipinski definition) is 2. The van der Waals surface area contributed by atoms with Crippen LogP contribution in [0.15, 0.2) is 75.8 Å². The van der Waals surface area contributed by atoms with E-state index < -0.39 is 0 Å². The van der Waals surface area contributed by atoms with Crippen LogP contribution in [0, 0.1) is 0 Å². The molecular weight excluding hydrogens is 420 g/mol. The molecule has 128 valence electrons. The zero-order valence-electron chi connectivity index (χ0n) is 13.3. The molecule has 0 atom stereocenters. The third-order valence-corrected chi connectivity index (χ3v) is 4.74. The molecule has 0 bridgehead atoms. The molecule has 0 saturated heterocycles. The summed E-state index contributed by atoms with van der Waals surface area (Å²) < 4.78 is 6.53. The minimum Gasteiger partial charge on any atom is -0.467 e. The number of nitrogens with zero attached hydrogens (tertiary/aromatic N) is 1. The Balaban J connectivity index is 1.75. The van der Waals surface area contributed by atoms with Gasteiger partial charge < -0.3 is 14.6 Å². The van der Waals surface area contributed by atoms with Crippen molar-refractivity contribution in [1.29, 1.82) is 0 Å². The quantitative estimate of drug-likeness (QED) is 0.491. The first-order valence-electron chi connectivity index (χ1n) is 7.68. The van der Waals surface area contributed by atoms with Gasteiger partial charge in [-0.1, -0.05) is 39.7 Å². The maximum absolute atomic E-state index is 5.94. The zero-order chi connectivity index (χ0) is 17.6. The van der Waals surface area contributed by atoms with Crippen LogP contribution in [0.1, 0.15) is 11.3 Å². The van der Waals surface area contributed by atoms with Crippen molar-refractivity contribution in [2.24, 2.45) is 0 Å². The molecule has 25 heavy (non-hydrogen) atoms. The first kappa shape index (κ1) is 18.0. The second-order valence-corrected chi connectivity index (χ2v) is 7.24. The SMILES string of the molecule is S=C(Nc1ccc(Cl)cc1)N(Cc1ccc(Br)cc1)Cc1ccco1. The predicted octanol–water partition coefficient (Wildman–Crippen LogP) is 6.09. The van der Waals surface area contributed by atoms with Gasteiger partial charge in [-0.3, -0.25) is 0 Å². The molecule has 0 aliphatic carbocycles. The normalized spacial score (nSPS) is 10.5. The van der Waals surface area contributed by atoms with Crippen molar-refractivity contribution in [2.45, 2.75) is 13.1 Å². The fourth-order valence-corrected chi connectivity index (χ4v) is 2.97. The molecule has 3 rings (SSSR count). The highest BCUT2D eigenvalue weighted by Gasteiger charge is 2.13. The summed E-state index contributed by atoms with van der Waals surface area (Å²) in [5.41, 5.74) is 2.06. The standard InChI is InChI=1S/C19H16BrClN2OS/c20-15-5-3-14(4-6-15)12-23(13-18-2-1-11-24-18)19(25)22-17-9-7-16(21)8-10-17/h1-11H,12-13H2,(H,22,25). The lowest BCUT2D eigenvalue weighted by Crippen LogP contribution is -2.33. The van der Waals surface area contributed by atoms with Crippen LogP contribution in [0.5, 0.6) is 0 Å². The minimum atomic E-state index is 0.586. The van der Waals surface area contributed by atoms with Gasteiger partial charge in [0, 0.05) is 21.7 Å². The molecular formula is C19H16BrClN2OS. The molecule has 3 aromatic rings. The first-order chi connectivity index (χ1) is 12.1. The molecule has 0 amide bonds. The van der Waals surface area contributed by atoms with Crippen LogP contribution >= 0.6 is 39.7 Å². The molecule has 6 heteroatoms. The third-order valence-electron chi connectivity index (χ3n) is 3.60. The van der Waals surface area contributed by atoms with Gasteiger partial charge in [0.15, 0.2) is 5.11 Å². The van der Waals surface area contributed by atoms with E-state index >= 15 is 0 Å². The fraction of sp³-hybridized carbons (Fsp3) is 0.105. The molecule has 1 aromatic heterocycles. The lowest BCUT2D eigenvalue weighted by atomic mass is 10.2. The average molecular weight is 436 g/mol. The number of benzene rings is 2. The average Bonchev–Trinajstić information content (AvgIpc) is 3.11. The Morgan fingerprint density at radius 2 is 1.76 bits per heavy atom. The van der Waals surface area contributed by atoms with Gasteiger partial charge in [0.2, 0.25) is 0 Å². The van der Waals surface area contributed by atoms with Gasteiger partial charge in [0.1, 0.15) is 5.76 Å². The van der Waals surface area contributed by atoms with Crippen molar-refractivity contribution in [3.05, 3.63) is 87.7 Å².